The van der Waals surface area contributed by atoms with Crippen LogP contribution in [0.2, 0.25) is 0 Å². The van der Waals surface area contributed by atoms with Crippen molar-refractivity contribution in [1.29, 1.82) is 0 Å². The van der Waals surface area contributed by atoms with E-state index in [1.165, 1.54) is 0 Å². The fourth-order valence-electron chi connectivity index (χ4n) is 1.12. The minimum atomic E-state index is 0.293. The van der Waals surface area contributed by atoms with E-state index in [1.807, 2.05) is 6.08 Å². The predicted molar refractivity (Wildman–Crippen MR) is 52.0 cm³/mol. The highest BCUT2D eigenvalue weighted by Gasteiger charge is 1.97. The van der Waals surface area contributed by atoms with Gasteiger partial charge in [-0.3, -0.25) is 0 Å². The molecule has 0 rings (SSSR count). The van der Waals surface area contributed by atoms with Crippen LogP contribution in [-0.2, 0) is 4.79 Å². The van der Waals surface area contributed by atoms with Gasteiger partial charge in [0.15, 0.2) is 0 Å². The summed E-state index contributed by atoms with van der Waals surface area (Å²) in [6.07, 6.45) is 5.98. The van der Waals surface area contributed by atoms with Gasteiger partial charge in [0.2, 0.25) is 0 Å². The first kappa shape index (κ1) is 11.2. The molecular weight excluding hydrogens is 148 g/mol. The normalized spacial score (nSPS) is 11.8. The molecule has 68 valence electrons. The summed E-state index contributed by atoms with van der Waals surface area (Å²) in [6.45, 7) is 7.31. The zero-order chi connectivity index (χ0) is 9.40. The predicted octanol–water partition coefficient (Wildman–Crippen LogP) is 3.11. The lowest BCUT2D eigenvalue weighted by Gasteiger charge is -2.02. The third kappa shape index (κ3) is 7.30. The summed E-state index contributed by atoms with van der Waals surface area (Å²) in [5.74, 6) is 0.844. The molecule has 0 aliphatic rings. The van der Waals surface area contributed by atoms with Crippen LogP contribution in [-0.4, -0.2) is 5.78 Å². The average Bonchev–Trinajstić information content (AvgIpc) is 1.98. The van der Waals surface area contributed by atoms with E-state index in [0.29, 0.717) is 11.7 Å². The molecular formula is C11H18O. The van der Waals surface area contributed by atoms with E-state index in [-0.39, 0.29) is 0 Å². The van der Waals surface area contributed by atoms with Crippen molar-refractivity contribution in [1.82, 2.24) is 0 Å². The third-order valence-corrected chi connectivity index (χ3v) is 1.84. The summed E-state index contributed by atoms with van der Waals surface area (Å²) < 4.78 is 0. The molecule has 12 heavy (non-hydrogen) atoms. The van der Waals surface area contributed by atoms with E-state index in [2.05, 4.69) is 19.2 Å². The van der Waals surface area contributed by atoms with Crippen molar-refractivity contribution in [3.05, 3.63) is 18.4 Å². The minimum Gasteiger partial charge on any atom is -0.300 e. The first-order valence-electron chi connectivity index (χ1n) is 4.52. The van der Waals surface area contributed by atoms with Crippen LogP contribution >= 0.6 is 0 Å². The van der Waals surface area contributed by atoms with Crippen LogP contribution in [0.3, 0.4) is 0 Å². The molecule has 0 radical (unpaired) electrons. The van der Waals surface area contributed by atoms with Crippen molar-refractivity contribution < 1.29 is 4.79 Å². The monoisotopic (exact) mass is 166 g/mol. The van der Waals surface area contributed by atoms with Crippen molar-refractivity contribution in [2.45, 2.75) is 39.5 Å². The van der Waals surface area contributed by atoms with Gasteiger partial charge in [-0.1, -0.05) is 19.9 Å². The number of carbonyl (C=O) groups excluding carboxylic acids is 1. The fourth-order valence-corrected chi connectivity index (χ4v) is 1.12. The summed E-state index contributed by atoms with van der Waals surface area (Å²) in [5, 5.41) is 0. The molecule has 0 aromatic heterocycles. The van der Waals surface area contributed by atoms with Crippen LogP contribution in [0.4, 0.5) is 0 Å². The van der Waals surface area contributed by atoms with Gasteiger partial charge in [-0.15, -0.1) is 5.73 Å². The first-order valence-corrected chi connectivity index (χ1v) is 4.52. The van der Waals surface area contributed by atoms with Crippen molar-refractivity contribution in [2.24, 2.45) is 5.92 Å². The van der Waals surface area contributed by atoms with Crippen LogP contribution in [0.15, 0.2) is 18.4 Å². The van der Waals surface area contributed by atoms with E-state index in [0.717, 1.165) is 25.7 Å². The van der Waals surface area contributed by atoms with Gasteiger partial charge in [0.25, 0.3) is 0 Å². The Morgan fingerprint density at radius 2 is 2.25 bits per heavy atom. The van der Waals surface area contributed by atoms with Crippen LogP contribution in [0.1, 0.15) is 39.5 Å². The van der Waals surface area contributed by atoms with E-state index in [4.69, 9.17) is 0 Å². The number of hydrogen-bond donors (Lipinski definition) is 0. The molecule has 0 heterocycles. The Hall–Kier alpha value is -0.810. The first-order chi connectivity index (χ1) is 5.66. The average molecular weight is 166 g/mol. The minimum absolute atomic E-state index is 0.293. The molecule has 0 spiro atoms. The molecule has 1 unspecified atom stereocenters. The smallest absolute Gasteiger partial charge is 0.129 e. The van der Waals surface area contributed by atoms with Crippen molar-refractivity contribution >= 4 is 5.78 Å². The molecule has 0 bridgehead atoms. The second kappa shape index (κ2) is 6.87. The second-order valence-corrected chi connectivity index (χ2v) is 3.30. The van der Waals surface area contributed by atoms with Crippen LogP contribution in [0.25, 0.3) is 0 Å². The zero-order valence-corrected chi connectivity index (χ0v) is 8.10. The number of carbonyl (C=O) groups is 1. The molecule has 0 amide bonds. The fraction of sp³-hybridized carbons (Fsp3) is 0.636. The highest BCUT2D eigenvalue weighted by atomic mass is 16.1. The standard InChI is InChI=1S/C11H18O/c1-4-7-10(2)8-5-6-9-11(3)12/h7,10H,1,5-6,8-9H2,2-3H3. The maximum absolute atomic E-state index is 10.6. The van der Waals surface area contributed by atoms with Gasteiger partial charge in [-0.25, -0.2) is 0 Å². The Kier molecular flexibility index (Phi) is 6.41. The Morgan fingerprint density at radius 1 is 1.58 bits per heavy atom. The number of unbranched alkanes of at least 4 members (excludes halogenated alkanes) is 1. The van der Waals surface area contributed by atoms with Crippen LogP contribution in [0.5, 0.6) is 0 Å². The topological polar surface area (TPSA) is 17.1 Å². The molecule has 0 aliphatic carbocycles. The number of allylic oxidation sites excluding steroid dienone is 1. The molecule has 0 aromatic carbocycles. The van der Waals surface area contributed by atoms with Gasteiger partial charge in [-0.05, 0) is 31.8 Å². The van der Waals surface area contributed by atoms with Gasteiger partial charge < -0.3 is 4.79 Å². The van der Waals surface area contributed by atoms with E-state index >= 15 is 0 Å². The van der Waals surface area contributed by atoms with Crippen molar-refractivity contribution in [2.75, 3.05) is 0 Å². The molecule has 0 N–H and O–H groups in total. The Balaban J connectivity index is 3.31. The lowest BCUT2D eigenvalue weighted by atomic mass is 10.0. The van der Waals surface area contributed by atoms with E-state index in [1.54, 1.807) is 6.92 Å². The van der Waals surface area contributed by atoms with Gasteiger partial charge in [0.1, 0.15) is 5.78 Å². The molecule has 0 aromatic rings. The SMILES string of the molecule is C=C=CC(C)CCCCC(C)=O. The summed E-state index contributed by atoms with van der Waals surface area (Å²) in [6, 6.07) is 0. The Morgan fingerprint density at radius 3 is 2.75 bits per heavy atom. The highest BCUT2D eigenvalue weighted by Crippen LogP contribution is 2.09. The lowest BCUT2D eigenvalue weighted by Crippen LogP contribution is -1.92. The summed E-state index contributed by atoms with van der Waals surface area (Å²) >= 11 is 0. The molecule has 0 aliphatic heterocycles. The summed E-state index contributed by atoms with van der Waals surface area (Å²) in [4.78, 5) is 10.6. The molecule has 0 fully saturated rings. The number of rotatable bonds is 6. The lowest BCUT2D eigenvalue weighted by molar-refractivity contribution is -0.117. The maximum atomic E-state index is 10.6. The quantitative estimate of drug-likeness (QED) is 0.437. The van der Waals surface area contributed by atoms with Gasteiger partial charge in [0, 0.05) is 6.42 Å². The van der Waals surface area contributed by atoms with Gasteiger partial charge in [0.05, 0.1) is 0 Å². The van der Waals surface area contributed by atoms with Crippen molar-refractivity contribution in [3.63, 3.8) is 0 Å². The largest absolute Gasteiger partial charge is 0.300 e. The zero-order valence-electron chi connectivity index (χ0n) is 8.10. The third-order valence-electron chi connectivity index (χ3n) is 1.84. The summed E-state index contributed by atoms with van der Waals surface area (Å²) in [7, 11) is 0. The molecule has 1 nitrogen and oxygen atoms in total. The number of ketones is 1. The van der Waals surface area contributed by atoms with E-state index in [9.17, 15) is 4.79 Å². The summed E-state index contributed by atoms with van der Waals surface area (Å²) in [5.41, 5.74) is 2.78. The molecule has 0 saturated heterocycles. The Labute approximate surface area is 75.2 Å². The second-order valence-electron chi connectivity index (χ2n) is 3.30. The Bertz CT molecular complexity index is 175. The van der Waals surface area contributed by atoms with Crippen molar-refractivity contribution in [3.8, 4) is 0 Å². The van der Waals surface area contributed by atoms with Gasteiger partial charge in [-0.2, -0.15) is 0 Å². The molecule has 1 atom stereocenters. The maximum Gasteiger partial charge on any atom is 0.129 e. The number of Topliss-reactive ketones (excluding diaryl/α,β-unsaturated/α-hetero) is 1. The van der Waals surface area contributed by atoms with Crippen LogP contribution < -0.4 is 0 Å². The van der Waals surface area contributed by atoms with Crippen LogP contribution in [0, 0.1) is 5.92 Å². The van der Waals surface area contributed by atoms with E-state index < -0.39 is 0 Å². The molecule has 1 heteroatoms. The van der Waals surface area contributed by atoms with Gasteiger partial charge >= 0.3 is 0 Å². The highest BCUT2D eigenvalue weighted by molar-refractivity contribution is 5.75. The molecule has 0 saturated carbocycles. The number of hydrogen-bond acceptors (Lipinski definition) is 1.